The summed E-state index contributed by atoms with van der Waals surface area (Å²) in [4.78, 5) is 12.0. The summed E-state index contributed by atoms with van der Waals surface area (Å²) >= 11 is 0. The number of carbonyl (C=O) groups is 1. The summed E-state index contributed by atoms with van der Waals surface area (Å²) < 4.78 is 0. The van der Waals surface area contributed by atoms with E-state index in [1.54, 1.807) is 20.8 Å². The number of nitrogens with two attached hydrogens (primary N) is 1. The highest BCUT2D eigenvalue weighted by Crippen LogP contribution is 2.20. The van der Waals surface area contributed by atoms with E-state index in [4.69, 9.17) is 5.73 Å². The van der Waals surface area contributed by atoms with Crippen molar-refractivity contribution in [3.8, 4) is 0 Å². The van der Waals surface area contributed by atoms with Crippen LogP contribution in [0.1, 0.15) is 26.3 Å². The fraction of sp³-hybridized carbons (Fsp3) is 0.500. The van der Waals surface area contributed by atoms with Gasteiger partial charge in [-0.25, -0.2) is 0 Å². The van der Waals surface area contributed by atoms with E-state index in [1.165, 1.54) is 0 Å². The maximum atomic E-state index is 12.0. The average Bonchev–Trinajstić information content (AvgIpc) is 2.38. The van der Waals surface area contributed by atoms with Crippen LogP contribution in [0.15, 0.2) is 30.3 Å². The Morgan fingerprint density at radius 2 is 1.94 bits per heavy atom. The Hall–Kier alpha value is -1.39. The number of aliphatic hydroxyl groups is 1. The van der Waals surface area contributed by atoms with Crippen LogP contribution in [0.4, 0.5) is 0 Å². The van der Waals surface area contributed by atoms with Crippen molar-refractivity contribution in [2.75, 3.05) is 6.61 Å². The fourth-order valence-corrected chi connectivity index (χ4v) is 1.63. The van der Waals surface area contributed by atoms with Crippen molar-refractivity contribution in [2.45, 2.75) is 32.4 Å². The van der Waals surface area contributed by atoms with Crippen molar-refractivity contribution in [3.05, 3.63) is 35.9 Å². The van der Waals surface area contributed by atoms with Crippen LogP contribution >= 0.6 is 0 Å². The molecule has 0 saturated carbocycles. The molecule has 0 heterocycles. The Balaban J connectivity index is 2.87. The zero-order chi connectivity index (χ0) is 13.8. The quantitative estimate of drug-likeness (QED) is 0.729. The summed E-state index contributed by atoms with van der Waals surface area (Å²) in [6, 6.07) is 9.20. The van der Waals surface area contributed by atoms with E-state index in [0.29, 0.717) is 0 Å². The van der Waals surface area contributed by atoms with E-state index in [-0.39, 0.29) is 24.5 Å². The van der Waals surface area contributed by atoms with Crippen LogP contribution in [-0.4, -0.2) is 23.7 Å². The predicted octanol–water partition coefficient (Wildman–Crippen LogP) is 0.994. The molecule has 1 aromatic carbocycles. The Morgan fingerprint density at radius 3 is 2.39 bits per heavy atom. The zero-order valence-electron chi connectivity index (χ0n) is 11.2. The van der Waals surface area contributed by atoms with E-state index >= 15 is 0 Å². The van der Waals surface area contributed by atoms with Crippen molar-refractivity contribution >= 4 is 5.91 Å². The molecule has 4 nitrogen and oxygen atoms in total. The van der Waals surface area contributed by atoms with Crippen LogP contribution in [0, 0.1) is 5.92 Å². The van der Waals surface area contributed by atoms with Crippen LogP contribution in [0.5, 0.6) is 0 Å². The summed E-state index contributed by atoms with van der Waals surface area (Å²) in [6.45, 7) is 5.22. The summed E-state index contributed by atoms with van der Waals surface area (Å²) in [7, 11) is 0. The third-order valence-corrected chi connectivity index (χ3v) is 3.33. The molecule has 0 aliphatic heterocycles. The summed E-state index contributed by atoms with van der Waals surface area (Å²) in [5, 5.41) is 12.4. The minimum atomic E-state index is -0.776. The second-order valence-corrected chi connectivity index (χ2v) is 4.99. The molecule has 0 fully saturated rings. The monoisotopic (exact) mass is 250 g/mol. The molecular formula is C14H22N2O2. The lowest BCUT2D eigenvalue weighted by Crippen LogP contribution is -2.50. The van der Waals surface area contributed by atoms with Gasteiger partial charge in [0.15, 0.2) is 0 Å². The van der Waals surface area contributed by atoms with Crippen molar-refractivity contribution in [1.29, 1.82) is 0 Å². The normalized spacial score (nSPS) is 17.6. The lowest BCUT2D eigenvalue weighted by Gasteiger charge is -2.31. The summed E-state index contributed by atoms with van der Waals surface area (Å²) in [5.74, 6) is -0.440. The highest BCUT2D eigenvalue weighted by Gasteiger charge is 2.30. The van der Waals surface area contributed by atoms with Gasteiger partial charge in [0.2, 0.25) is 5.91 Å². The van der Waals surface area contributed by atoms with Gasteiger partial charge in [0.25, 0.3) is 0 Å². The van der Waals surface area contributed by atoms with Gasteiger partial charge < -0.3 is 16.2 Å². The Kier molecular flexibility index (Phi) is 4.87. The second kappa shape index (κ2) is 5.98. The van der Waals surface area contributed by atoms with Crippen molar-refractivity contribution in [1.82, 2.24) is 5.32 Å². The maximum Gasteiger partial charge on any atom is 0.225 e. The minimum Gasteiger partial charge on any atom is -0.394 e. The molecule has 3 unspecified atom stereocenters. The third-order valence-electron chi connectivity index (χ3n) is 3.33. The standard InChI is InChI=1S/C14H22N2O2/c1-10(11(2)15)13(18)16-14(3,9-17)12-7-5-4-6-8-12/h4-8,10-11,17H,9,15H2,1-3H3,(H,16,18). The topological polar surface area (TPSA) is 75.4 Å². The molecule has 0 saturated heterocycles. The number of aliphatic hydroxyl groups excluding tert-OH is 1. The van der Waals surface area contributed by atoms with Gasteiger partial charge in [-0.05, 0) is 19.4 Å². The minimum absolute atomic E-state index is 0.148. The average molecular weight is 250 g/mol. The molecule has 0 spiro atoms. The first-order valence-electron chi connectivity index (χ1n) is 6.14. The number of hydrogen-bond acceptors (Lipinski definition) is 3. The third kappa shape index (κ3) is 3.31. The maximum absolute atomic E-state index is 12.0. The van der Waals surface area contributed by atoms with Gasteiger partial charge in [-0.1, -0.05) is 37.3 Å². The first kappa shape index (κ1) is 14.7. The number of benzene rings is 1. The summed E-state index contributed by atoms with van der Waals surface area (Å²) in [5.41, 5.74) is 5.81. The molecule has 1 aromatic rings. The first-order chi connectivity index (χ1) is 8.40. The molecule has 3 atom stereocenters. The Morgan fingerprint density at radius 1 is 1.39 bits per heavy atom. The smallest absolute Gasteiger partial charge is 0.225 e. The molecule has 0 aliphatic carbocycles. The first-order valence-corrected chi connectivity index (χ1v) is 6.14. The number of carbonyl (C=O) groups excluding carboxylic acids is 1. The second-order valence-electron chi connectivity index (χ2n) is 4.99. The fourth-order valence-electron chi connectivity index (χ4n) is 1.63. The van der Waals surface area contributed by atoms with E-state index in [1.807, 2.05) is 30.3 Å². The van der Waals surface area contributed by atoms with Crippen molar-refractivity contribution in [2.24, 2.45) is 11.7 Å². The van der Waals surface area contributed by atoms with E-state index < -0.39 is 5.54 Å². The zero-order valence-corrected chi connectivity index (χ0v) is 11.2. The van der Waals surface area contributed by atoms with Gasteiger partial charge in [-0.2, -0.15) is 0 Å². The molecule has 4 heteroatoms. The number of nitrogens with one attached hydrogen (secondary N) is 1. The van der Waals surface area contributed by atoms with Crippen LogP contribution in [-0.2, 0) is 10.3 Å². The highest BCUT2D eigenvalue weighted by molar-refractivity contribution is 5.80. The summed E-state index contributed by atoms with van der Waals surface area (Å²) in [6.07, 6.45) is 0. The lowest BCUT2D eigenvalue weighted by atomic mass is 9.91. The molecule has 18 heavy (non-hydrogen) atoms. The Bertz CT molecular complexity index is 392. The molecule has 0 bridgehead atoms. The Labute approximate surface area is 108 Å². The molecule has 0 radical (unpaired) electrons. The van der Waals surface area contributed by atoms with Crippen LogP contribution < -0.4 is 11.1 Å². The lowest BCUT2D eigenvalue weighted by molar-refractivity contribution is -0.127. The molecule has 100 valence electrons. The van der Waals surface area contributed by atoms with Crippen molar-refractivity contribution in [3.63, 3.8) is 0 Å². The number of amides is 1. The van der Waals surface area contributed by atoms with Crippen molar-refractivity contribution < 1.29 is 9.90 Å². The molecule has 0 aliphatic rings. The van der Waals surface area contributed by atoms with Crippen LogP contribution in [0.3, 0.4) is 0 Å². The number of hydrogen-bond donors (Lipinski definition) is 3. The van der Waals surface area contributed by atoms with Gasteiger partial charge in [0, 0.05) is 12.0 Å². The SMILES string of the molecule is CC(N)C(C)C(=O)NC(C)(CO)c1ccccc1. The molecular weight excluding hydrogens is 228 g/mol. The van der Waals surface area contributed by atoms with Gasteiger partial charge in [0.05, 0.1) is 12.1 Å². The molecule has 1 amide bonds. The van der Waals surface area contributed by atoms with Gasteiger partial charge >= 0.3 is 0 Å². The van der Waals surface area contributed by atoms with E-state index in [2.05, 4.69) is 5.32 Å². The van der Waals surface area contributed by atoms with Crippen LogP contribution in [0.25, 0.3) is 0 Å². The molecule has 4 N–H and O–H groups in total. The highest BCUT2D eigenvalue weighted by atomic mass is 16.3. The largest absolute Gasteiger partial charge is 0.394 e. The van der Waals surface area contributed by atoms with E-state index in [0.717, 1.165) is 5.56 Å². The number of rotatable bonds is 5. The predicted molar refractivity (Wildman–Crippen MR) is 71.8 cm³/mol. The van der Waals surface area contributed by atoms with Gasteiger partial charge in [0.1, 0.15) is 0 Å². The van der Waals surface area contributed by atoms with E-state index in [9.17, 15) is 9.90 Å². The van der Waals surface area contributed by atoms with Gasteiger partial charge in [-0.3, -0.25) is 4.79 Å². The molecule has 1 rings (SSSR count). The van der Waals surface area contributed by atoms with Crippen LogP contribution in [0.2, 0.25) is 0 Å². The molecule has 0 aromatic heterocycles. The van der Waals surface area contributed by atoms with Gasteiger partial charge in [-0.15, -0.1) is 0 Å².